The van der Waals surface area contributed by atoms with Gasteiger partial charge in [-0.3, -0.25) is 19.7 Å². The van der Waals surface area contributed by atoms with Crippen LogP contribution in [0.2, 0.25) is 0 Å². The molecule has 150 valence electrons. The van der Waals surface area contributed by atoms with E-state index < -0.39 is 17.2 Å². The largest absolute Gasteiger partial charge is 0.505 e. The van der Waals surface area contributed by atoms with Crippen molar-refractivity contribution in [3.8, 4) is 11.4 Å². The zero-order valence-electron chi connectivity index (χ0n) is 16.3. The first-order chi connectivity index (χ1) is 13.7. The number of nitrogens with zero attached hydrogens (tertiary/aromatic N) is 4. The number of aromatic hydroxyl groups is 1. The van der Waals surface area contributed by atoms with Crippen LogP contribution in [0.1, 0.15) is 31.4 Å². The van der Waals surface area contributed by atoms with Crippen molar-refractivity contribution >= 4 is 28.3 Å². The van der Waals surface area contributed by atoms with Crippen molar-refractivity contribution in [2.45, 2.75) is 13.8 Å². The zero-order valence-corrected chi connectivity index (χ0v) is 17.1. The van der Waals surface area contributed by atoms with Crippen LogP contribution >= 0.6 is 11.3 Å². The first-order valence-corrected chi connectivity index (χ1v) is 9.40. The summed E-state index contributed by atoms with van der Waals surface area (Å²) < 4.78 is 1.04. The van der Waals surface area contributed by atoms with E-state index in [0.717, 1.165) is 27.6 Å². The number of nitrogens with one attached hydrogen (secondary N) is 1. The second-order valence-electron chi connectivity index (χ2n) is 6.55. The molecular weight excluding hydrogens is 394 g/mol. The molecule has 0 atom stereocenters. The van der Waals surface area contributed by atoms with Crippen LogP contribution < -0.4 is 10.9 Å². The highest BCUT2D eigenvalue weighted by Crippen LogP contribution is 2.24. The SMILES string of the molecule is Cc1cccc(-n2nc(C(=O)Nc3nc(C)c(C(=O)N(C)C)s3)c(O)cc2=O)c1. The molecule has 0 aliphatic rings. The molecule has 10 heteroatoms. The number of thiazole rings is 1. The van der Waals surface area contributed by atoms with Crippen LogP contribution in [0.25, 0.3) is 5.69 Å². The first kappa shape index (κ1) is 20.2. The lowest BCUT2D eigenvalue weighted by Gasteiger charge is -2.09. The van der Waals surface area contributed by atoms with Gasteiger partial charge in [-0.25, -0.2) is 4.98 Å². The number of hydrogen-bond acceptors (Lipinski definition) is 7. The molecule has 2 N–H and O–H groups in total. The number of carbonyl (C=O) groups is 2. The van der Waals surface area contributed by atoms with Crippen LogP contribution in [0.5, 0.6) is 5.75 Å². The predicted octanol–water partition coefficient (Wildman–Crippen LogP) is 1.97. The third-order valence-corrected chi connectivity index (χ3v) is 5.05. The van der Waals surface area contributed by atoms with Crippen LogP contribution in [-0.4, -0.2) is 50.7 Å². The quantitative estimate of drug-likeness (QED) is 0.675. The monoisotopic (exact) mass is 413 g/mol. The molecule has 2 aromatic heterocycles. The fourth-order valence-electron chi connectivity index (χ4n) is 2.56. The van der Waals surface area contributed by atoms with Gasteiger partial charge in [-0.05, 0) is 31.5 Å². The normalized spacial score (nSPS) is 10.6. The summed E-state index contributed by atoms with van der Waals surface area (Å²) in [6.07, 6.45) is 0. The molecule has 0 radical (unpaired) electrons. The lowest BCUT2D eigenvalue weighted by Crippen LogP contribution is -2.25. The van der Waals surface area contributed by atoms with Gasteiger partial charge < -0.3 is 10.0 Å². The highest BCUT2D eigenvalue weighted by molar-refractivity contribution is 7.17. The van der Waals surface area contributed by atoms with Gasteiger partial charge >= 0.3 is 0 Å². The summed E-state index contributed by atoms with van der Waals surface area (Å²) in [6, 6.07) is 7.95. The molecule has 0 saturated heterocycles. The second-order valence-corrected chi connectivity index (χ2v) is 7.55. The molecular formula is C19H19N5O4S. The zero-order chi connectivity index (χ0) is 21.3. The number of rotatable bonds is 4. The number of aryl methyl sites for hydroxylation is 2. The van der Waals surface area contributed by atoms with Gasteiger partial charge in [0.2, 0.25) is 0 Å². The van der Waals surface area contributed by atoms with Gasteiger partial charge in [0.1, 0.15) is 4.88 Å². The van der Waals surface area contributed by atoms with Crippen molar-refractivity contribution in [1.82, 2.24) is 19.7 Å². The van der Waals surface area contributed by atoms with Crippen LogP contribution in [0.15, 0.2) is 35.1 Å². The molecule has 0 saturated carbocycles. The molecule has 2 heterocycles. The molecule has 0 unspecified atom stereocenters. The maximum atomic E-state index is 12.6. The third kappa shape index (κ3) is 4.16. The Labute approximate surface area is 170 Å². The van der Waals surface area contributed by atoms with Gasteiger partial charge in [0.15, 0.2) is 16.6 Å². The van der Waals surface area contributed by atoms with Gasteiger partial charge in [0.25, 0.3) is 17.4 Å². The van der Waals surface area contributed by atoms with Crippen molar-refractivity contribution in [3.05, 3.63) is 62.5 Å². The molecule has 29 heavy (non-hydrogen) atoms. The summed E-state index contributed by atoms with van der Waals surface area (Å²) in [6.45, 7) is 3.52. The molecule has 0 spiro atoms. The smallest absolute Gasteiger partial charge is 0.281 e. The maximum Gasteiger partial charge on any atom is 0.281 e. The molecule has 1 aromatic carbocycles. The lowest BCUT2D eigenvalue weighted by molar-refractivity contribution is 0.0831. The summed E-state index contributed by atoms with van der Waals surface area (Å²) in [4.78, 5) is 43.0. The van der Waals surface area contributed by atoms with E-state index in [1.54, 1.807) is 39.2 Å². The van der Waals surface area contributed by atoms with Gasteiger partial charge in [0.05, 0.1) is 11.4 Å². The molecule has 0 bridgehead atoms. The van der Waals surface area contributed by atoms with Gasteiger partial charge in [-0.15, -0.1) is 0 Å². The maximum absolute atomic E-state index is 12.6. The molecule has 0 fully saturated rings. The third-order valence-electron chi connectivity index (χ3n) is 3.99. The highest BCUT2D eigenvalue weighted by atomic mass is 32.1. The van der Waals surface area contributed by atoms with Crippen molar-refractivity contribution < 1.29 is 14.7 Å². The molecule has 2 amide bonds. The number of benzene rings is 1. The lowest BCUT2D eigenvalue weighted by atomic mass is 10.2. The Hall–Kier alpha value is -3.53. The summed E-state index contributed by atoms with van der Waals surface area (Å²) in [7, 11) is 3.24. The molecule has 3 aromatic rings. The number of anilines is 1. The number of amides is 2. The minimum atomic E-state index is -0.749. The van der Waals surface area contributed by atoms with E-state index in [4.69, 9.17) is 0 Å². The van der Waals surface area contributed by atoms with Crippen molar-refractivity contribution in [1.29, 1.82) is 0 Å². The summed E-state index contributed by atoms with van der Waals surface area (Å²) in [5.41, 5.74) is 0.943. The molecule has 3 rings (SSSR count). The Kier molecular flexibility index (Phi) is 5.46. The van der Waals surface area contributed by atoms with Crippen molar-refractivity contribution in [2.75, 3.05) is 19.4 Å². The fraction of sp³-hybridized carbons (Fsp3) is 0.211. The van der Waals surface area contributed by atoms with Crippen LogP contribution in [0, 0.1) is 13.8 Å². The van der Waals surface area contributed by atoms with E-state index in [2.05, 4.69) is 15.4 Å². The second kappa shape index (κ2) is 7.84. The van der Waals surface area contributed by atoms with E-state index in [1.807, 2.05) is 13.0 Å². The standard InChI is InChI=1S/C19H19N5O4S/c1-10-6-5-7-12(8-10)24-14(26)9-13(25)15(22-24)17(27)21-19-20-11(2)16(29-19)18(28)23(3)4/h5-9,25H,1-4H3,(H,20,21,27). The molecule has 0 aliphatic carbocycles. The van der Waals surface area contributed by atoms with Gasteiger partial charge in [-0.1, -0.05) is 23.5 Å². The fourth-order valence-corrected chi connectivity index (χ4v) is 3.54. The van der Waals surface area contributed by atoms with Crippen LogP contribution in [0.4, 0.5) is 5.13 Å². The average molecular weight is 413 g/mol. The summed E-state index contributed by atoms with van der Waals surface area (Å²) in [5.74, 6) is -1.52. The Morgan fingerprint density at radius 1 is 1.21 bits per heavy atom. The van der Waals surface area contributed by atoms with Gasteiger partial charge in [0, 0.05) is 20.2 Å². The molecule has 0 aliphatic heterocycles. The minimum absolute atomic E-state index is 0.187. The minimum Gasteiger partial charge on any atom is -0.505 e. The Morgan fingerprint density at radius 3 is 2.59 bits per heavy atom. The molecule has 9 nitrogen and oxygen atoms in total. The van der Waals surface area contributed by atoms with E-state index in [0.29, 0.717) is 16.3 Å². The Balaban J connectivity index is 1.94. The Bertz CT molecular complexity index is 1170. The van der Waals surface area contributed by atoms with E-state index in [9.17, 15) is 19.5 Å². The summed E-state index contributed by atoms with van der Waals surface area (Å²) in [5, 5.41) is 16.8. The number of aromatic nitrogens is 3. The number of hydrogen-bond donors (Lipinski definition) is 2. The predicted molar refractivity (Wildman–Crippen MR) is 109 cm³/mol. The van der Waals surface area contributed by atoms with Gasteiger partial charge in [-0.2, -0.15) is 9.78 Å². The van der Waals surface area contributed by atoms with E-state index >= 15 is 0 Å². The Morgan fingerprint density at radius 2 is 1.93 bits per heavy atom. The first-order valence-electron chi connectivity index (χ1n) is 8.58. The van der Waals surface area contributed by atoms with Crippen LogP contribution in [-0.2, 0) is 0 Å². The highest BCUT2D eigenvalue weighted by Gasteiger charge is 2.21. The van der Waals surface area contributed by atoms with E-state index in [-0.39, 0.29) is 16.7 Å². The summed E-state index contributed by atoms with van der Waals surface area (Å²) >= 11 is 1.02. The van der Waals surface area contributed by atoms with Crippen LogP contribution in [0.3, 0.4) is 0 Å². The van der Waals surface area contributed by atoms with Crippen molar-refractivity contribution in [2.24, 2.45) is 0 Å². The van der Waals surface area contributed by atoms with Crippen molar-refractivity contribution in [3.63, 3.8) is 0 Å². The number of carbonyl (C=O) groups excluding carboxylic acids is 2. The van der Waals surface area contributed by atoms with E-state index in [1.165, 1.54) is 4.90 Å². The topological polar surface area (TPSA) is 117 Å². The average Bonchev–Trinajstić information content (AvgIpc) is 3.00.